The second-order valence-electron chi connectivity index (χ2n) is 1.76. The van der Waals surface area contributed by atoms with Crippen molar-refractivity contribution in [2.45, 2.75) is 0 Å². The maximum Gasteiger partial charge on any atom is 0.290 e. The van der Waals surface area contributed by atoms with E-state index in [1.54, 1.807) is 0 Å². The van der Waals surface area contributed by atoms with E-state index in [4.69, 9.17) is 21.5 Å². The van der Waals surface area contributed by atoms with Crippen molar-refractivity contribution in [3.05, 3.63) is 34.6 Å². The number of hydrogen-bond donors (Lipinski definition) is 1. The van der Waals surface area contributed by atoms with Gasteiger partial charge in [0.25, 0.3) is 6.47 Å². The van der Waals surface area contributed by atoms with Crippen LogP contribution in [-0.4, -0.2) is 11.6 Å². The van der Waals surface area contributed by atoms with Gasteiger partial charge in [-0.1, -0.05) is 11.6 Å². The Balaban J connectivity index is 0.000000424. The molecule has 0 unspecified atom stereocenters. The summed E-state index contributed by atoms with van der Waals surface area (Å²) < 4.78 is 36.6. The Kier molecular flexibility index (Phi) is 4.91. The molecule has 6 heteroatoms. The van der Waals surface area contributed by atoms with Gasteiger partial charge in [-0.25, -0.2) is 13.2 Å². The van der Waals surface area contributed by atoms with Crippen LogP contribution in [0.4, 0.5) is 13.2 Å². The standard InChI is InChI=1S/C6H2ClF3.CH2O2/c7-5-3(8)1-2-4(9)6(5)10;2-1-3/h1-2H;1H,(H,2,3). The molecule has 2 nitrogen and oxygen atoms in total. The fourth-order valence-electron chi connectivity index (χ4n) is 0.502. The van der Waals surface area contributed by atoms with Crippen LogP contribution < -0.4 is 0 Å². The molecule has 0 radical (unpaired) electrons. The summed E-state index contributed by atoms with van der Waals surface area (Å²) in [5.41, 5.74) is 0. The zero-order valence-electron chi connectivity index (χ0n) is 6.10. The molecule has 0 aromatic heterocycles. The first-order valence-electron chi connectivity index (χ1n) is 2.91. The molecule has 0 spiro atoms. The van der Waals surface area contributed by atoms with E-state index in [-0.39, 0.29) is 6.47 Å². The molecule has 0 saturated carbocycles. The van der Waals surface area contributed by atoms with Crippen molar-refractivity contribution in [3.63, 3.8) is 0 Å². The first kappa shape index (κ1) is 11.8. The lowest BCUT2D eigenvalue weighted by Gasteiger charge is -1.94. The smallest absolute Gasteiger partial charge is 0.290 e. The molecule has 0 bridgehead atoms. The van der Waals surface area contributed by atoms with Gasteiger partial charge < -0.3 is 5.11 Å². The van der Waals surface area contributed by atoms with Gasteiger partial charge in [0.2, 0.25) is 0 Å². The summed E-state index contributed by atoms with van der Waals surface area (Å²) in [4.78, 5) is 8.36. The van der Waals surface area contributed by atoms with Crippen molar-refractivity contribution in [3.8, 4) is 0 Å². The fourth-order valence-corrected chi connectivity index (χ4v) is 0.656. The van der Waals surface area contributed by atoms with Crippen molar-refractivity contribution >= 4 is 18.1 Å². The Morgan fingerprint density at radius 1 is 1.23 bits per heavy atom. The summed E-state index contributed by atoms with van der Waals surface area (Å²) in [6.07, 6.45) is 0. The van der Waals surface area contributed by atoms with E-state index in [0.717, 1.165) is 6.07 Å². The highest BCUT2D eigenvalue weighted by Gasteiger charge is 2.09. The monoisotopic (exact) mass is 212 g/mol. The van der Waals surface area contributed by atoms with Crippen molar-refractivity contribution in [1.82, 2.24) is 0 Å². The Bertz CT molecular complexity index is 277. The normalized spacial score (nSPS) is 8.62. The van der Waals surface area contributed by atoms with Crippen molar-refractivity contribution in [2.24, 2.45) is 0 Å². The number of benzene rings is 1. The van der Waals surface area contributed by atoms with Crippen LogP contribution in [0.2, 0.25) is 5.02 Å². The molecule has 13 heavy (non-hydrogen) atoms. The van der Waals surface area contributed by atoms with E-state index in [1.807, 2.05) is 0 Å². The van der Waals surface area contributed by atoms with Gasteiger partial charge in [0.15, 0.2) is 11.6 Å². The Morgan fingerprint density at radius 2 is 1.62 bits per heavy atom. The second kappa shape index (κ2) is 5.42. The Labute approximate surface area is 76.6 Å². The summed E-state index contributed by atoms with van der Waals surface area (Å²) >= 11 is 4.99. The molecule has 0 amide bonds. The topological polar surface area (TPSA) is 37.3 Å². The maximum absolute atomic E-state index is 12.2. The molecule has 0 atom stereocenters. The van der Waals surface area contributed by atoms with Crippen molar-refractivity contribution in [1.29, 1.82) is 0 Å². The molecule has 72 valence electrons. The molecule has 1 aromatic carbocycles. The van der Waals surface area contributed by atoms with Gasteiger partial charge in [-0.2, -0.15) is 0 Å². The molecular formula is C7H4ClF3O2. The minimum Gasteiger partial charge on any atom is -0.483 e. The third-order valence-electron chi connectivity index (χ3n) is 0.988. The van der Waals surface area contributed by atoms with Gasteiger partial charge in [-0.3, -0.25) is 4.79 Å². The van der Waals surface area contributed by atoms with Crippen LogP contribution >= 0.6 is 11.6 Å². The van der Waals surface area contributed by atoms with Gasteiger partial charge in [0.05, 0.1) is 0 Å². The molecular weight excluding hydrogens is 209 g/mol. The molecule has 1 N–H and O–H groups in total. The van der Waals surface area contributed by atoms with Crippen LogP contribution in [0.25, 0.3) is 0 Å². The highest BCUT2D eigenvalue weighted by Crippen LogP contribution is 2.20. The molecule has 0 heterocycles. The molecule has 1 aromatic rings. The Morgan fingerprint density at radius 3 is 2.00 bits per heavy atom. The highest BCUT2D eigenvalue weighted by molar-refractivity contribution is 6.30. The summed E-state index contributed by atoms with van der Waals surface area (Å²) in [6.45, 7) is -0.250. The molecule has 1 rings (SSSR count). The second-order valence-corrected chi connectivity index (χ2v) is 2.14. The molecule has 0 aliphatic rings. The van der Waals surface area contributed by atoms with E-state index in [0.29, 0.717) is 6.07 Å². The van der Waals surface area contributed by atoms with Crippen molar-refractivity contribution in [2.75, 3.05) is 0 Å². The van der Waals surface area contributed by atoms with E-state index in [9.17, 15) is 13.2 Å². The van der Waals surface area contributed by atoms with E-state index in [1.165, 1.54) is 0 Å². The van der Waals surface area contributed by atoms with Crippen LogP contribution in [0.1, 0.15) is 0 Å². The molecule has 0 fully saturated rings. The lowest BCUT2D eigenvalue weighted by molar-refractivity contribution is -0.122. The number of carboxylic acid groups (broad SMARTS) is 1. The van der Waals surface area contributed by atoms with Gasteiger partial charge in [-0.15, -0.1) is 0 Å². The van der Waals surface area contributed by atoms with Gasteiger partial charge >= 0.3 is 0 Å². The summed E-state index contributed by atoms with van der Waals surface area (Å²) in [5, 5.41) is 6.08. The molecule has 0 saturated heterocycles. The predicted molar refractivity (Wildman–Crippen MR) is 40.0 cm³/mol. The van der Waals surface area contributed by atoms with Gasteiger partial charge in [0.1, 0.15) is 10.8 Å². The van der Waals surface area contributed by atoms with Crippen LogP contribution in [-0.2, 0) is 4.79 Å². The summed E-state index contributed by atoms with van der Waals surface area (Å²) in [7, 11) is 0. The lowest BCUT2D eigenvalue weighted by atomic mass is 10.3. The van der Waals surface area contributed by atoms with E-state index >= 15 is 0 Å². The first-order chi connectivity index (χ1) is 6.04. The van der Waals surface area contributed by atoms with E-state index < -0.39 is 22.5 Å². The third-order valence-corrected chi connectivity index (χ3v) is 1.33. The fraction of sp³-hybridized carbons (Fsp3) is 0. The number of hydrogen-bond acceptors (Lipinski definition) is 1. The third kappa shape index (κ3) is 3.33. The number of carbonyl (C=O) groups is 1. The highest BCUT2D eigenvalue weighted by atomic mass is 35.5. The van der Waals surface area contributed by atoms with Gasteiger partial charge in [0, 0.05) is 0 Å². The lowest BCUT2D eigenvalue weighted by Crippen LogP contribution is -1.87. The summed E-state index contributed by atoms with van der Waals surface area (Å²) in [5.74, 6) is -3.45. The SMILES string of the molecule is Fc1ccc(F)c(Cl)c1F.O=CO. The van der Waals surface area contributed by atoms with E-state index in [2.05, 4.69) is 0 Å². The molecule has 0 aliphatic carbocycles. The average Bonchev–Trinajstić information content (AvgIpc) is 2.10. The van der Waals surface area contributed by atoms with Crippen molar-refractivity contribution < 1.29 is 23.1 Å². The minimum atomic E-state index is -1.35. The quantitative estimate of drug-likeness (QED) is 0.408. The summed E-state index contributed by atoms with van der Waals surface area (Å²) in [6, 6.07) is 1.44. The number of halogens is 4. The van der Waals surface area contributed by atoms with Crippen LogP contribution in [0.5, 0.6) is 0 Å². The van der Waals surface area contributed by atoms with Gasteiger partial charge in [-0.05, 0) is 12.1 Å². The largest absolute Gasteiger partial charge is 0.483 e. The maximum atomic E-state index is 12.2. The predicted octanol–water partition coefficient (Wildman–Crippen LogP) is 2.46. The zero-order chi connectivity index (χ0) is 10.4. The number of rotatable bonds is 0. The first-order valence-corrected chi connectivity index (χ1v) is 3.29. The van der Waals surface area contributed by atoms with Crippen LogP contribution in [0, 0.1) is 17.5 Å². The van der Waals surface area contributed by atoms with Crippen LogP contribution in [0.3, 0.4) is 0 Å². The van der Waals surface area contributed by atoms with Crippen LogP contribution in [0.15, 0.2) is 12.1 Å². The zero-order valence-corrected chi connectivity index (χ0v) is 6.86. The Hall–Kier alpha value is -1.23. The minimum absolute atomic E-state index is 0.250. The average molecular weight is 213 g/mol. The molecule has 0 aliphatic heterocycles.